The summed E-state index contributed by atoms with van der Waals surface area (Å²) in [5.74, 6) is 0.265. The Hall–Kier alpha value is -3.08. The van der Waals surface area contributed by atoms with Crippen LogP contribution in [0.2, 0.25) is 0 Å². The molecule has 0 bridgehead atoms. The molecule has 0 spiro atoms. The highest BCUT2D eigenvalue weighted by Gasteiger charge is 2.06. The van der Waals surface area contributed by atoms with Gasteiger partial charge in [-0.1, -0.05) is 31.2 Å². The smallest absolute Gasteiger partial charge is 0.251 e. The molecule has 5 heteroatoms. The summed E-state index contributed by atoms with van der Waals surface area (Å²) in [6.07, 6.45) is 3.99. The molecule has 0 aromatic heterocycles. The summed E-state index contributed by atoms with van der Waals surface area (Å²) in [5, 5.41) is 5.56. The third-order valence-electron chi connectivity index (χ3n) is 3.48. The lowest BCUT2D eigenvalue weighted by molar-refractivity contribution is -0.111. The van der Waals surface area contributed by atoms with Crippen LogP contribution >= 0.6 is 0 Å². The molecule has 0 aliphatic rings. The SMILES string of the molecule is CCCNC(=O)c1cccc(NC(=O)/C=C/c2ccccc2OC)c1. The molecule has 0 aliphatic heterocycles. The van der Waals surface area contributed by atoms with E-state index in [-0.39, 0.29) is 11.8 Å². The Kier molecular flexibility index (Phi) is 6.77. The second kappa shape index (κ2) is 9.27. The van der Waals surface area contributed by atoms with E-state index in [1.165, 1.54) is 6.08 Å². The van der Waals surface area contributed by atoms with Gasteiger partial charge in [0.25, 0.3) is 5.91 Å². The zero-order chi connectivity index (χ0) is 18.1. The molecule has 2 aromatic rings. The fourth-order valence-electron chi connectivity index (χ4n) is 2.23. The normalized spacial score (nSPS) is 10.5. The average molecular weight is 338 g/mol. The van der Waals surface area contributed by atoms with E-state index < -0.39 is 0 Å². The summed E-state index contributed by atoms with van der Waals surface area (Å²) in [5.41, 5.74) is 1.90. The zero-order valence-corrected chi connectivity index (χ0v) is 14.4. The summed E-state index contributed by atoms with van der Waals surface area (Å²) >= 11 is 0. The van der Waals surface area contributed by atoms with Gasteiger partial charge in [0.15, 0.2) is 0 Å². The van der Waals surface area contributed by atoms with Gasteiger partial charge in [-0.3, -0.25) is 9.59 Å². The molecule has 0 heterocycles. The lowest BCUT2D eigenvalue weighted by atomic mass is 10.1. The molecular weight excluding hydrogens is 316 g/mol. The molecule has 5 nitrogen and oxygen atoms in total. The minimum absolute atomic E-state index is 0.150. The monoisotopic (exact) mass is 338 g/mol. The minimum atomic E-state index is -0.281. The van der Waals surface area contributed by atoms with Crippen molar-refractivity contribution in [2.45, 2.75) is 13.3 Å². The topological polar surface area (TPSA) is 67.4 Å². The van der Waals surface area contributed by atoms with Gasteiger partial charge < -0.3 is 15.4 Å². The molecule has 0 saturated carbocycles. The van der Waals surface area contributed by atoms with Gasteiger partial charge in [0.1, 0.15) is 5.75 Å². The molecule has 2 amide bonds. The third kappa shape index (κ3) is 5.49. The van der Waals surface area contributed by atoms with Crippen molar-refractivity contribution < 1.29 is 14.3 Å². The quantitative estimate of drug-likeness (QED) is 0.760. The number of hydrogen-bond donors (Lipinski definition) is 2. The molecule has 0 saturated heterocycles. The Bertz CT molecular complexity index is 769. The van der Waals surface area contributed by atoms with Crippen molar-refractivity contribution in [1.29, 1.82) is 0 Å². The number of rotatable bonds is 7. The van der Waals surface area contributed by atoms with Gasteiger partial charge in [0, 0.05) is 29.4 Å². The van der Waals surface area contributed by atoms with Crippen molar-refractivity contribution in [3.05, 3.63) is 65.7 Å². The van der Waals surface area contributed by atoms with Crippen LogP contribution in [0.1, 0.15) is 29.3 Å². The number of nitrogens with one attached hydrogen (secondary N) is 2. The molecule has 2 N–H and O–H groups in total. The molecule has 0 radical (unpaired) electrons. The van der Waals surface area contributed by atoms with Gasteiger partial charge in [-0.25, -0.2) is 0 Å². The number of hydrogen-bond acceptors (Lipinski definition) is 3. The van der Waals surface area contributed by atoms with Crippen molar-refractivity contribution in [1.82, 2.24) is 5.32 Å². The van der Waals surface area contributed by atoms with Crippen molar-refractivity contribution >= 4 is 23.6 Å². The minimum Gasteiger partial charge on any atom is -0.496 e. The van der Waals surface area contributed by atoms with Gasteiger partial charge in [-0.2, -0.15) is 0 Å². The fraction of sp³-hybridized carbons (Fsp3) is 0.200. The summed E-state index contributed by atoms with van der Waals surface area (Å²) in [6.45, 7) is 2.61. The van der Waals surface area contributed by atoms with Crippen LogP contribution < -0.4 is 15.4 Å². The van der Waals surface area contributed by atoms with Crippen LogP contribution in [0.25, 0.3) is 6.08 Å². The molecule has 0 fully saturated rings. The van der Waals surface area contributed by atoms with Gasteiger partial charge in [0.05, 0.1) is 7.11 Å². The summed E-state index contributed by atoms with van der Waals surface area (Å²) in [6, 6.07) is 14.3. The summed E-state index contributed by atoms with van der Waals surface area (Å²) < 4.78 is 5.24. The van der Waals surface area contributed by atoms with E-state index in [9.17, 15) is 9.59 Å². The molecule has 0 aliphatic carbocycles. The van der Waals surface area contributed by atoms with E-state index in [0.29, 0.717) is 23.5 Å². The maximum absolute atomic E-state index is 12.1. The van der Waals surface area contributed by atoms with Crippen LogP contribution in [0, 0.1) is 0 Å². The molecule has 0 atom stereocenters. The highest BCUT2D eigenvalue weighted by molar-refractivity contribution is 6.03. The van der Waals surface area contributed by atoms with Crippen LogP contribution in [-0.2, 0) is 4.79 Å². The van der Waals surface area contributed by atoms with E-state index >= 15 is 0 Å². The Labute approximate surface area is 147 Å². The Balaban J connectivity index is 2.03. The van der Waals surface area contributed by atoms with Gasteiger partial charge in [-0.05, 0) is 36.8 Å². The zero-order valence-electron chi connectivity index (χ0n) is 14.4. The standard InChI is InChI=1S/C20H22N2O3/c1-3-13-21-20(24)16-8-6-9-17(14-16)22-19(23)12-11-15-7-4-5-10-18(15)25-2/h4-12,14H,3,13H2,1-2H3,(H,21,24)(H,22,23)/b12-11+. The largest absolute Gasteiger partial charge is 0.496 e. The van der Waals surface area contributed by atoms with Crippen LogP contribution in [-0.4, -0.2) is 25.5 Å². The van der Waals surface area contributed by atoms with Crippen molar-refractivity contribution in [2.75, 3.05) is 19.0 Å². The van der Waals surface area contributed by atoms with Crippen LogP contribution in [0.3, 0.4) is 0 Å². The summed E-state index contributed by atoms with van der Waals surface area (Å²) in [7, 11) is 1.59. The predicted octanol–water partition coefficient (Wildman–Crippen LogP) is 3.49. The second-order valence-corrected chi connectivity index (χ2v) is 5.40. The number of amides is 2. The number of carbonyl (C=O) groups is 2. The highest BCUT2D eigenvalue weighted by Crippen LogP contribution is 2.18. The fourth-order valence-corrected chi connectivity index (χ4v) is 2.23. The molecule has 2 aromatic carbocycles. The number of para-hydroxylation sites is 1. The Morgan fingerprint density at radius 3 is 2.68 bits per heavy atom. The van der Waals surface area contributed by atoms with Gasteiger partial charge in [0.2, 0.25) is 5.91 Å². The van der Waals surface area contributed by atoms with E-state index in [2.05, 4.69) is 10.6 Å². The first-order chi connectivity index (χ1) is 12.1. The number of methoxy groups -OCH3 is 1. The lowest BCUT2D eigenvalue weighted by Crippen LogP contribution is -2.24. The van der Waals surface area contributed by atoms with E-state index in [1.807, 2.05) is 31.2 Å². The Morgan fingerprint density at radius 1 is 1.12 bits per heavy atom. The van der Waals surface area contributed by atoms with E-state index in [0.717, 1.165) is 12.0 Å². The number of anilines is 1. The first kappa shape index (κ1) is 18.3. The highest BCUT2D eigenvalue weighted by atomic mass is 16.5. The van der Waals surface area contributed by atoms with E-state index in [4.69, 9.17) is 4.74 Å². The lowest BCUT2D eigenvalue weighted by Gasteiger charge is -2.07. The summed E-state index contributed by atoms with van der Waals surface area (Å²) in [4.78, 5) is 24.1. The molecule has 25 heavy (non-hydrogen) atoms. The maximum Gasteiger partial charge on any atom is 0.251 e. The third-order valence-corrected chi connectivity index (χ3v) is 3.48. The van der Waals surface area contributed by atoms with Crippen LogP contribution in [0.4, 0.5) is 5.69 Å². The number of ether oxygens (including phenoxy) is 1. The predicted molar refractivity (Wildman–Crippen MR) is 99.7 cm³/mol. The number of benzene rings is 2. The molecule has 0 unspecified atom stereocenters. The molecular formula is C20H22N2O3. The Morgan fingerprint density at radius 2 is 1.92 bits per heavy atom. The molecule has 130 valence electrons. The van der Waals surface area contributed by atoms with Crippen molar-refractivity contribution in [2.24, 2.45) is 0 Å². The maximum atomic E-state index is 12.1. The first-order valence-corrected chi connectivity index (χ1v) is 8.14. The van der Waals surface area contributed by atoms with Crippen molar-refractivity contribution in [3.63, 3.8) is 0 Å². The van der Waals surface area contributed by atoms with Crippen LogP contribution in [0.5, 0.6) is 5.75 Å². The average Bonchev–Trinajstić information content (AvgIpc) is 2.64. The first-order valence-electron chi connectivity index (χ1n) is 8.14. The van der Waals surface area contributed by atoms with Crippen molar-refractivity contribution in [3.8, 4) is 5.75 Å². The molecule has 2 rings (SSSR count). The second-order valence-electron chi connectivity index (χ2n) is 5.40. The van der Waals surface area contributed by atoms with Gasteiger partial charge >= 0.3 is 0 Å². The number of carbonyl (C=O) groups excluding carboxylic acids is 2. The van der Waals surface area contributed by atoms with Gasteiger partial charge in [-0.15, -0.1) is 0 Å². The van der Waals surface area contributed by atoms with Crippen LogP contribution in [0.15, 0.2) is 54.6 Å². The van der Waals surface area contributed by atoms with E-state index in [1.54, 1.807) is 37.5 Å².